The van der Waals surface area contributed by atoms with Crippen LogP contribution in [0.4, 0.5) is 5.82 Å². The summed E-state index contributed by atoms with van der Waals surface area (Å²) in [4.78, 5) is 5.57. The molecule has 28 heavy (non-hydrogen) atoms. The van der Waals surface area contributed by atoms with E-state index in [1.165, 1.54) is 10.1 Å². The van der Waals surface area contributed by atoms with Gasteiger partial charge in [0.2, 0.25) is 5.75 Å². The van der Waals surface area contributed by atoms with Gasteiger partial charge in [0.05, 0.1) is 21.3 Å². The molecule has 4 rings (SSSR count). The smallest absolute Gasteiger partial charge is 0.203 e. The molecule has 0 aliphatic rings. The van der Waals surface area contributed by atoms with E-state index in [0.29, 0.717) is 23.1 Å². The first-order valence-electron chi connectivity index (χ1n) is 8.69. The second kappa shape index (κ2) is 7.40. The van der Waals surface area contributed by atoms with Crippen LogP contribution in [0.5, 0.6) is 17.2 Å². The summed E-state index contributed by atoms with van der Waals surface area (Å²) < 4.78 is 17.6. The topological polar surface area (TPSA) is 66.6 Å². The Balaban J connectivity index is 1.85. The molecule has 4 aromatic rings. The van der Waals surface area contributed by atoms with Crippen molar-refractivity contribution in [2.24, 2.45) is 0 Å². The Hall–Kier alpha value is -3.25. The van der Waals surface area contributed by atoms with E-state index in [9.17, 15) is 0 Å². The summed E-state index contributed by atoms with van der Waals surface area (Å²) in [6.45, 7) is 0. The summed E-state index contributed by atoms with van der Waals surface area (Å²) in [5.74, 6) is 2.13. The van der Waals surface area contributed by atoms with E-state index < -0.39 is 0 Å². The number of fused-ring (bicyclic) bond motifs is 1. The van der Waals surface area contributed by atoms with Crippen molar-refractivity contribution in [1.82, 2.24) is 4.98 Å². The molecule has 2 aromatic heterocycles. The molecular formula is C22H20N2O3S. The minimum absolute atomic E-state index is 0.444. The van der Waals surface area contributed by atoms with Gasteiger partial charge < -0.3 is 19.9 Å². The zero-order valence-corrected chi connectivity index (χ0v) is 16.7. The SMILES string of the molecule is COc1cc(-c2cc(-c3cc4ccccc4s3)cnc2N)cc(OC)c1OC. The summed E-state index contributed by atoms with van der Waals surface area (Å²) in [6, 6.07) is 16.3. The molecule has 0 atom stereocenters. The highest BCUT2D eigenvalue weighted by Crippen LogP contribution is 2.43. The third-order valence-corrected chi connectivity index (χ3v) is 5.77. The van der Waals surface area contributed by atoms with Crippen molar-refractivity contribution in [1.29, 1.82) is 0 Å². The quantitative estimate of drug-likeness (QED) is 0.503. The Labute approximate surface area is 167 Å². The van der Waals surface area contributed by atoms with Crippen molar-refractivity contribution >= 4 is 27.2 Å². The highest BCUT2D eigenvalue weighted by molar-refractivity contribution is 7.22. The van der Waals surface area contributed by atoms with Gasteiger partial charge in [-0.05, 0) is 41.3 Å². The Kier molecular flexibility index (Phi) is 4.79. The lowest BCUT2D eigenvalue weighted by molar-refractivity contribution is 0.324. The number of benzene rings is 2. The molecular weight excluding hydrogens is 372 g/mol. The van der Waals surface area contributed by atoms with Gasteiger partial charge in [-0.25, -0.2) is 4.98 Å². The summed E-state index contributed by atoms with van der Waals surface area (Å²) >= 11 is 1.73. The first kappa shape index (κ1) is 18.1. The standard InChI is InChI=1S/C22H20N2O3S/c1-25-17-9-14(10-18(26-2)21(17)27-3)16-8-15(12-24-22(16)23)20-11-13-6-4-5-7-19(13)28-20/h4-12H,1-3H3,(H2,23,24). The number of rotatable bonds is 5. The van der Waals surface area contributed by atoms with Crippen LogP contribution in [-0.4, -0.2) is 26.3 Å². The molecule has 0 fully saturated rings. The van der Waals surface area contributed by atoms with Gasteiger partial charge in [0.1, 0.15) is 5.82 Å². The number of aromatic nitrogens is 1. The molecule has 0 radical (unpaired) electrons. The fourth-order valence-electron chi connectivity index (χ4n) is 3.20. The molecule has 6 heteroatoms. The maximum Gasteiger partial charge on any atom is 0.203 e. The van der Waals surface area contributed by atoms with E-state index >= 15 is 0 Å². The van der Waals surface area contributed by atoms with Crippen LogP contribution in [0.25, 0.3) is 31.7 Å². The number of methoxy groups -OCH3 is 3. The van der Waals surface area contributed by atoms with Gasteiger partial charge in [0.25, 0.3) is 0 Å². The number of thiophene rings is 1. The van der Waals surface area contributed by atoms with E-state index in [0.717, 1.165) is 21.6 Å². The number of nitrogens with zero attached hydrogens (tertiary/aromatic N) is 1. The molecule has 2 heterocycles. The van der Waals surface area contributed by atoms with Crippen LogP contribution in [0.15, 0.2) is 54.7 Å². The van der Waals surface area contributed by atoms with Gasteiger partial charge >= 0.3 is 0 Å². The zero-order chi connectivity index (χ0) is 19.7. The van der Waals surface area contributed by atoms with Crippen LogP contribution in [0, 0.1) is 0 Å². The fourth-order valence-corrected chi connectivity index (χ4v) is 4.25. The van der Waals surface area contributed by atoms with E-state index in [1.54, 1.807) is 32.7 Å². The van der Waals surface area contributed by atoms with Crippen molar-refractivity contribution in [3.05, 3.63) is 54.7 Å². The third kappa shape index (κ3) is 3.12. The minimum Gasteiger partial charge on any atom is -0.493 e. The summed E-state index contributed by atoms with van der Waals surface area (Å²) in [7, 11) is 4.77. The fraction of sp³-hybridized carbons (Fsp3) is 0.136. The lowest BCUT2D eigenvalue weighted by Gasteiger charge is -2.15. The van der Waals surface area contributed by atoms with E-state index in [1.807, 2.05) is 36.5 Å². The monoisotopic (exact) mass is 392 g/mol. The van der Waals surface area contributed by atoms with E-state index in [2.05, 4.69) is 23.2 Å². The predicted octanol–water partition coefficient (Wildman–Crippen LogP) is 5.24. The highest BCUT2D eigenvalue weighted by atomic mass is 32.1. The number of ether oxygens (including phenoxy) is 3. The van der Waals surface area contributed by atoms with Gasteiger partial charge in [-0.1, -0.05) is 18.2 Å². The van der Waals surface area contributed by atoms with Gasteiger partial charge in [-0.15, -0.1) is 11.3 Å². The first-order chi connectivity index (χ1) is 13.6. The molecule has 5 nitrogen and oxygen atoms in total. The summed E-state index contributed by atoms with van der Waals surface area (Å²) in [5, 5.41) is 1.22. The van der Waals surface area contributed by atoms with Crippen molar-refractivity contribution in [3.63, 3.8) is 0 Å². The van der Waals surface area contributed by atoms with Crippen LogP contribution in [0.3, 0.4) is 0 Å². The maximum absolute atomic E-state index is 6.21. The molecule has 0 amide bonds. The van der Waals surface area contributed by atoms with Crippen molar-refractivity contribution < 1.29 is 14.2 Å². The molecule has 142 valence electrons. The molecule has 0 spiro atoms. The van der Waals surface area contributed by atoms with Crippen LogP contribution in [-0.2, 0) is 0 Å². The van der Waals surface area contributed by atoms with Crippen molar-refractivity contribution in [2.75, 3.05) is 27.1 Å². The Bertz CT molecular complexity index is 1100. The maximum atomic E-state index is 6.21. The highest BCUT2D eigenvalue weighted by Gasteiger charge is 2.17. The molecule has 0 saturated heterocycles. The van der Waals surface area contributed by atoms with Gasteiger partial charge in [0.15, 0.2) is 11.5 Å². The molecule has 0 unspecified atom stereocenters. The van der Waals surface area contributed by atoms with Gasteiger partial charge in [-0.2, -0.15) is 0 Å². The Morgan fingerprint density at radius 2 is 1.57 bits per heavy atom. The minimum atomic E-state index is 0.444. The Morgan fingerprint density at radius 1 is 0.857 bits per heavy atom. The molecule has 2 N–H and O–H groups in total. The number of pyridine rings is 1. The molecule has 0 saturated carbocycles. The van der Waals surface area contributed by atoms with Crippen LogP contribution >= 0.6 is 11.3 Å². The number of anilines is 1. The number of hydrogen-bond acceptors (Lipinski definition) is 6. The lowest BCUT2D eigenvalue weighted by atomic mass is 10.0. The average molecular weight is 392 g/mol. The summed E-state index contributed by atoms with van der Waals surface area (Å²) in [6.07, 6.45) is 1.81. The first-order valence-corrected chi connectivity index (χ1v) is 9.51. The molecule has 2 aromatic carbocycles. The van der Waals surface area contributed by atoms with Crippen LogP contribution < -0.4 is 19.9 Å². The number of nitrogen functional groups attached to an aromatic ring is 1. The van der Waals surface area contributed by atoms with E-state index in [4.69, 9.17) is 19.9 Å². The normalized spacial score (nSPS) is 10.8. The van der Waals surface area contributed by atoms with E-state index in [-0.39, 0.29) is 0 Å². The largest absolute Gasteiger partial charge is 0.493 e. The average Bonchev–Trinajstić information content (AvgIpc) is 3.17. The van der Waals surface area contributed by atoms with Crippen LogP contribution in [0.1, 0.15) is 0 Å². The lowest BCUT2D eigenvalue weighted by Crippen LogP contribution is -1.98. The molecule has 0 bridgehead atoms. The van der Waals surface area contributed by atoms with Crippen LogP contribution in [0.2, 0.25) is 0 Å². The third-order valence-electron chi connectivity index (χ3n) is 4.60. The molecule has 0 aliphatic heterocycles. The van der Waals surface area contributed by atoms with Gasteiger partial charge in [-0.3, -0.25) is 0 Å². The predicted molar refractivity (Wildman–Crippen MR) is 115 cm³/mol. The Morgan fingerprint density at radius 3 is 2.21 bits per heavy atom. The number of nitrogens with two attached hydrogens (primary N) is 1. The second-order valence-electron chi connectivity index (χ2n) is 6.22. The molecule has 0 aliphatic carbocycles. The second-order valence-corrected chi connectivity index (χ2v) is 7.30. The summed E-state index contributed by atoms with van der Waals surface area (Å²) in [5.41, 5.74) is 8.88. The zero-order valence-electron chi connectivity index (χ0n) is 15.9. The number of hydrogen-bond donors (Lipinski definition) is 1. The van der Waals surface area contributed by atoms with Gasteiger partial charge in [0, 0.05) is 26.9 Å². The van der Waals surface area contributed by atoms with Crippen molar-refractivity contribution in [3.8, 4) is 38.8 Å². The van der Waals surface area contributed by atoms with Crippen molar-refractivity contribution in [2.45, 2.75) is 0 Å².